The number of nitriles is 1. The average Bonchev–Trinajstić information content (AvgIpc) is 3.39. The number of rotatable bonds is 8. The maximum absolute atomic E-state index is 12.7. The Morgan fingerprint density at radius 3 is 2.71 bits per heavy atom. The van der Waals surface area contributed by atoms with E-state index >= 15 is 0 Å². The summed E-state index contributed by atoms with van der Waals surface area (Å²) >= 11 is 5.74. The smallest absolute Gasteiger partial charge is 0.287 e. The molecule has 0 aromatic carbocycles. The van der Waals surface area contributed by atoms with Crippen LogP contribution < -0.4 is 16.0 Å². The molecule has 0 bridgehead atoms. The first kappa shape index (κ1) is 20.1. The molecule has 3 rings (SSSR count). The highest BCUT2D eigenvalue weighted by Gasteiger charge is 2.33. The number of hydrogen-bond donors (Lipinski definition) is 4. The van der Waals surface area contributed by atoms with Crippen LogP contribution in [-0.4, -0.2) is 46.3 Å². The maximum atomic E-state index is 12.7. The predicted molar refractivity (Wildman–Crippen MR) is 100 cm³/mol. The van der Waals surface area contributed by atoms with Crippen LogP contribution >= 0.6 is 11.6 Å². The molecule has 1 aromatic heterocycles. The highest BCUT2D eigenvalue weighted by Crippen LogP contribution is 2.33. The number of piperidine rings is 1. The number of carbonyl (C=O) groups is 3. The van der Waals surface area contributed by atoms with Gasteiger partial charge in [-0.2, -0.15) is 5.26 Å². The Labute approximate surface area is 167 Å². The summed E-state index contributed by atoms with van der Waals surface area (Å²) < 4.78 is 0. The lowest BCUT2D eigenvalue weighted by Crippen LogP contribution is -2.50. The number of carbonyl (C=O) groups excluding carboxylic acids is 3. The molecule has 1 saturated carbocycles. The maximum Gasteiger partial charge on any atom is 0.287 e. The molecule has 1 saturated heterocycles. The second-order valence-corrected chi connectivity index (χ2v) is 7.75. The monoisotopic (exact) mass is 406 g/mol. The summed E-state index contributed by atoms with van der Waals surface area (Å²) in [6.07, 6.45) is 5.63. The molecule has 2 unspecified atom stereocenters. The van der Waals surface area contributed by atoms with Crippen LogP contribution in [0.5, 0.6) is 0 Å². The number of imidazole rings is 1. The zero-order valence-corrected chi connectivity index (χ0v) is 16.1. The minimum absolute atomic E-state index is 0.0225. The third kappa shape index (κ3) is 5.45. The van der Waals surface area contributed by atoms with Crippen molar-refractivity contribution in [2.75, 3.05) is 6.54 Å². The number of amides is 3. The Morgan fingerprint density at radius 2 is 2.11 bits per heavy atom. The van der Waals surface area contributed by atoms with Crippen LogP contribution in [-0.2, 0) is 9.59 Å². The van der Waals surface area contributed by atoms with Gasteiger partial charge in [0.25, 0.3) is 5.91 Å². The average molecular weight is 407 g/mol. The van der Waals surface area contributed by atoms with Gasteiger partial charge in [0.05, 0.1) is 12.3 Å². The van der Waals surface area contributed by atoms with Crippen molar-refractivity contribution < 1.29 is 14.4 Å². The van der Waals surface area contributed by atoms with Crippen molar-refractivity contribution in [3.63, 3.8) is 0 Å². The van der Waals surface area contributed by atoms with Crippen molar-refractivity contribution >= 4 is 29.3 Å². The van der Waals surface area contributed by atoms with Crippen LogP contribution in [0.1, 0.15) is 49.1 Å². The summed E-state index contributed by atoms with van der Waals surface area (Å²) in [7, 11) is 0. The van der Waals surface area contributed by atoms with E-state index in [0.29, 0.717) is 25.3 Å². The van der Waals surface area contributed by atoms with Gasteiger partial charge in [-0.15, -0.1) is 0 Å². The standard InChI is InChI=1S/C18H23ClN6O3/c19-14-9-22-15(25-14)18(28)24-13(6-10-3-4-10)17(27)23-12(8-20)7-11-2-1-5-21-16(11)26/h9-13H,1-7H2,(H,21,26)(H,22,25)(H,23,27)(H,24,28)/t11-,12?,13?/m0/s1. The van der Waals surface area contributed by atoms with Crippen LogP contribution in [0, 0.1) is 23.2 Å². The number of aromatic amines is 1. The summed E-state index contributed by atoms with van der Waals surface area (Å²) in [5, 5.41) is 17.8. The Balaban J connectivity index is 1.60. The van der Waals surface area contributed by atoms with Gasteiger partial charge in [-0.05, 0) is 31.6 Å². The molecular weight excluding hydrogens is 384 g/mol. The van der Waals surface area contributed by atoms with Crippen molar-refractivity contribution in [2.24, 2.45) is 11.8 Å². The van der Waals surface area contributed by atoms with Crippen molar-refractivity contribution in [3.05, 3.63) is 17.2 Å². The number of H-pyrrole nitrogens is 1. The molecule has 3 atom stereocenters. The molecule has 2 heterocycles. The lowest BCUT2D eigenvalue weighted by atomic mass is 9.92. The van der Waals surface area contributed by atoms with Gasteiger partial charge in [0.15, 0.2) is 5.82 Å². The fourth-order valence-electron chi connectivity index (χ4n) is 3.32. The second-order valence-electron chi connectivity index (χ2n) is 7.34. The summed E-state index contributed by atoms with van der Waals surface area (Å²) in [5.74, 6) is -0.942. The Kier molecular flexibility index (Phi) is 6.52. The highest BCUT2D eigenvalue weighted by molar-refractivity contribution is 6.29. The number of nitrogens with one attached hydrogen (secondary N) is 4. The molecule has 3 amide bonds. The molecule has 1 aromatic rings. The summed E-state index contributed by atoms with van der Waals surface area (Å²) in [6, 6.07) is 0.481. The summed E-state index contributed by atoms with van der Waals surface area (Å²) in [5.41, 5.74) is 0. The normalized spacial score (nSPS) is 21.1. The molecule has 10 heteroatoms. The lowest BCUT2D eigenvalue weighted by molar-refractivity contribution is -0.128. The van der Waals surface area contributed by atoms with E-state index in [4.69, 9.17) is 11.6 Å². The van der Waals surface area contributed by atoms with E-state index in [1.165, 1.54) is 6.20 Å². The Morgan fingerprint density at radius 1 is 1.32 bits per heavy atom. The van der Waals surface area contributed by atoms with E-state index in [-0.39, 0.29) is 29.2 Å². The van der Waals surface area contributed by atoms with Crippen molar-refractivity contribution in [3.8, 4) is 6.07 Å². The second kappa shape index (κ2) is 9.06. The quantitative estimate of drug-likeness (QED) is 0.507. The summed E-state index contributed by atoms with van der Waals surface area (Å²) in [4.78, 5) is 43.4. The van der Waals surface area contributed by atoms with Gasteiger partial charge in [0.2, 0.25) is 11.8 Å². The van der Waals surface area contributed by atoms with Gasteiger partial charge in [0.1, 0.15) is 17.2 Å². The van der Waals surface area contributed by atoms with E-state index in [1.807, 2.05) is 0 Å². The van der Waals surface area contributed by atoms with Gasteiger partial charge < -0.3 is 20.9 Å². The Bertz CT molecular complexity index is 785. The van der Waals surface area contributed by atoms with Crippen molar-refractivity contribution in [2.45, 2.75) is 50.6 Å². The minimum Gasteiger partial charge on any atom is -0.356 e. The number of halogens is 1. The zero-order chi connectivity index (χ0) is 20.1. The fourth-order valence-corrected chi connectivity index (χ4v) is 3.46. The molecule has 0 spiro atoms. The van der Waals surface area contributed by atoms with Crippen LogP contribution in [0.15, 0.2) is 6.20 Å². The van der Waals surface area contributed by atoms with Crippen LogP contribution in [0.25, 0.3) is 0 Å². The largest absolute Gasteiger partial charge is 0.356 e. The van der Waals surface area contributed by atoms with Gasteiger partial charge in [-0.3, -0.25) is 14.4 Å². The Hall–Kier alpha value is -2.60. The first-order valence-corrected chi connectivity index (χ1v) is 9.83. The number of hydrogen-bond acceptors (Lipinski definition) is 5. The van der Waals surface area contributed by atoms with Crippen LogP contribution in [0.4, 0.5) is 0 Å². The van der Waals surface area contributed by atoms with E-state index in [9.17, 15) is 19.6 Å². The molecule has 0 radical (unpaired) electrons. The highest BCUT2D eigenvalue weighted by atomic mass is 35.5. The fraction of sp³-hybridized carbons (Fsp3) is 0.611. The van der Waals surface area contributed by atoms with E-state index in [1.54, 1.807) is 0 Å². The first-order valence-electron chi connectivity index (χ1n) is 9.45. The van der Waals surface area contributed by atoms with Crippen molar-refractivity contribution in [1.82, 2.24) is 25.9 Å². The molecule has 1 aliphatic carbocycles. The first-order chi connectivity index (χ1) is 13.5. The number of nitrogens with zero attached hydrogens (tertiary/aromatic N) is 2. The lowest BCUT2D eigenvalue weighted by Gasteiger charge is -2.25. The van der Waals surface area contributed by atoms with Crippen LogP contribution in [0.3, 0.4) is 0 Å². The molecular formula is C18H23ClN6O3. The third-order valence-electron chi connectivity index (χ3n) is 5.04. The molecule has 1 aliphatic heterocycles. The molecule has 9 nitrogen and oxygen atoms in total. The van der Waals surface area contributed by atoms with Crippen LogP contribution in [0.2, 0.25) is 5.15 Å². The third-order valence-corrected chi connectivity index (χ3v) is 5.23. The van der Waals surface area contributed by atoms with Gasteiger partial charge >= 0.3 is 0 Å². The molecule has 150 valence electrons. The molecule has 2 fully saturated rings. The summed E-state index contributed by atoms with van der Waals surface area (Å²) in [6.45, 7) is 0.644. The van der Waals surface area contributed by atoms with E-state index in [2.05, 4.69) is 32.0 Å². The SMILES string of the molecule is N#CC(C[C@@H]1CCCNC1=O)NC(=O)C(CC1CC1)NC(=O)c1ncc(Cl)[nH]1. The van der Waals surface area contributed by atoms with E-state index < -0.39 is 23.9 Å². The van der Waals surface area contributed by atoms with E-state index in [0.717, 1.165) is 19.3 Å². The minimum atomic E-state index is -0.794. The molecule has 28 heavy (non-hydrogen) atoms. The predicted octanol–water partition coefficient (Wildman–Crippen LogP) is 0.886. The molecule has 2 aliphatic rings. The topological polar surface area (TPSA) is 140 Å². The number of aromatic nitrogens is 2. The van der Waals surface area contributed by atoms with Crippen molar-refractivity contribution in [1.29, 1.82) is 5.26 Å². The molecule has 4 N–H and O–H groups in total. The van der Waals surface area contributed by atoms with Gasteiger partial charge in [0, 0.05) is 12.5 Å². The zero-order valence-electron chi connectivity index (χ0n) is 15.3. The van der Waals surface area contributed by atoms with Gasteiger partial charge in [-0.1, -0.05) is 24.4 Å². The van der Waals surface area contributed by atoms with Gasteiger partial charge in [-0.25, -0.2) is 4.98 Å².